The second-order valence-corrected chi connectivity index (χ2v) is 6.10. The van der Waals surface area contributed by atoms with Crippen molar-refractivity contribution in [1.82, 2.24) is 14.8 Å². The van der Waals surface area contributed by atoms with E-state index in [0.717, 1.165) is 31.4 Å². The zero-order valence-corrected chi connectivity index (χ0v) is 13.1. The van der Waals surface area contributed by atoms with Crippen LogP contribution in [0.4, 0.5) is 23.2 Å². The van der Waals surface area contributed by atoms with Crippen LogP contribution < -0.4 is 4.90 Å². The van der Waals surface area contributed by atoms with Crippen molar-refractivity contribution < 1.29 is 17.6 Å². The van der Waals surface area contributed by atoms with E-state index in [0.29, 0.717) is 5.39 Å². The molecule has 0 aliphatic carbocycles. The molecular weight excluding hydrogens is 336 g/mol. The van der Waals surface area contributed by atoms with Crippen molar-refractivity contribution in [3.05, 3.63) is 48.0 Å². The number of alkyl halides is 3. The van der Waals surface area contributed by atoms with Crippen LogP contribution in [-0.4, -0.2) is 34.0 Å². The van der Waals surface area contributed by atoms with Crippen molar-refractivity contribution in [1.29, 1.82) is 0 Å². The Hall–Kier alpha value is -2.64. The molecule has 0 unspecified atom stereocenters. The minimum absolute atomic E-state index is 0.0503. The van der Waals surface area contributed by atoms with Crippen LogP contribution in [0.2, 0.25) is 0 Å². The second-order valence-electron chi connectivity index (χ2n) is 6.10. The van der Waals surface area contributed by atoms with E-state index in [9.17, 15) is 17.6 Å². The Morgan fingerprint density at radius 3 is 2.60 bits per heavy atom. The number of pyridine rings is 1. The normalized spacial score (nSPS) is 14.8. The molecule has 25 heavy (non-hydrogen) atoms. The van der Waals surface area contributed by atoms with Crippen LogP contribution in [-0.2, 0) is 6.42 Å². The van der Waals surface area contributed by atoms with E-state index in [1.807, 2.05) is 0 Å². The standard InChI is InChI=1S/C17H14F4N4/c18-14-3-2-13(24-4-1-5-24)7-15(14)25-10-12-6-11(8-17(19,20)21)9-22-16(12)23-25/h2-3,6-7,9-10H,1,4-5,8H2. The third-order valence-corrected chi connectivity index (χ3v) is 4.22. The Labute approximate surface area is 140 Å². The summed E-state index contributed by atoms with van der Waals surface area (Å²) in [7, 11) is 0. The molecule has 2 aromatic heterocycles. The second kappa shape index (κ2) is 5.72. The number of benzene rings is 1. The number of fused-ring (bicyclic) bond motifs is 1. The fraction of sp³-hybridized carbons (Fsp3) is 0.294. The summed E-state index contributed by atoms with van der Waals surface area (Å²) < 4.78 is 53.1. The molecule has 130 valence electrons. The zero-order valence-electron chi connectivity index (χ0n) is 13.1. The van der Waals surface area contributed by atoms with Gasteiger partial charge in [0.15, 0.2) is 5.65 Å². The largest absolute Gasteiger partial charge is 0.393 e. The zero-order chi connectivity index (χ0) is 17.6. The third-order valence-electron chi connectivity index (χ3n) is 4.22. The first-order valence-corrected chi connectivity index (χ1v) is 7.85. The highest BCUT2D eigenvalue weighted by molar-refractivity contribution is 5.75. The Balaban J connectivity index is 1.72. The quantitative estimate of drug-likeness (QED) is 0.673. The van der Waals surface area contributed by atoms with E-state index in [4.69, 9.17) is 0 Å². The highest BCUT2D eigenvalue weighted by atomic mass is 19.4. The first kappa shape index (κ1) is 15.9. The van der Waals surface area contributed by atoms with E-state index >= 15 is 0 Å². The molecule has 0 radical (unpaired) electrons. The topological polar surface area (TPSA) is 34.0 Å². The van der Waals surface area contributed by atoms with Crippen molar-refractivity contribution in [2.45, 2.75) is 19.0 Å². The van der Waals surface area contributed by atoms with Crippen LogP contribution in [0.15, 0.2) is 36.7 Å². The van der Waals surface area contributed by atoms with Crippen LogP contribution >= 0.6 is 0 Å². The Bertz CT molecular complexity index is 928. The number of hydrogen-bond donors (Lipinski definition) is 0. The van der Waals surface area contributed by atoms with Gasteiger partial charge in [-0.05, 0) is 36.2 Å². The molecular formula is C17H14F4N4. The van der Waals surface area contributed by atoms with Gasteiger partial charge in [0.25, 0.3) is 0 Å². The molecule has 0 amide bonds. The molecule has 3 heterocycles. The third kappa shape index (κ3) is 3.16. The molecule has 0 atom stereocenters. The van der Waals surface area contributed by atoms with Crippen LogP contribution in [0.3, 0.4) is 0 Å². The average Bonchev–Trinajstić information content (AvgIpc) is 2.88. The molecule has 1 aliphatic heterocycles. The summed E-state index contributed by atoms with van der Waals surface area (Å²) in [5.41, 5.74) is 1.47. The summed E-state index contributed by atoms with van der Waals surface area (Å²) in [6, 6.07) is 6.16. The number of nitrogens with zero attached hydrogens (tertiary/aromatic N) is 4. The Kier molecular flexibility index (Phi) is 3.63. The Morgan fingerprint density at radius 1 is 1.12 bits per heavy atom. The van der Waals surface area contributed by atoms with Crippen molar-refractivity contribution in [2.75, 3.05) is 18.0 Å². The van der Waals surface area contributed by atoms with Crippen LogP contribution in [0, 0.1) is 5.82 Å². The van der Waals surface area contributed by atoms with Crippen molar-refractivity contribution in [3.63, 3.8) is 0 Å². The van der Waals surface area contributed by atoms with Crippen LogP contribution in [0.1, 0.15) is 12.0 Å². The first-order chi connectivity index (χ1) is 11.9. The molecule has 3 aromatic rings. The molecule has 1 fully saturated rings. The number of anilines is 1. The predicted octanol–water partition coefficient (Wildman–Crippen LogP) is 3.87. The van der Waals surface area contributed by atoms with Gasteiger partial charge < -0.3 is 4.90 Å². The number of aromatic nitrogens is 3. The van der Waals surface area contributed by atoms with Gasteiger partial charge >= 0.3 is 6.18 Å². The summed E-state index contributed by atoms with van der Waals surface area (Å²) in [5.74, 6) is -0.451. The molecule has 0 bridgehead atoms. The van der Waals surface area contributed by atoms with E-state index < -0.39 is 18.4 Å². The lowest BCUT2D eigenvalue weighted by Gasteiger charge is -2.33. The van der Waals surface area contributed by atoms with Crippen LogP contribution in [0.25, 0.3) is 16.7 Å². The minimum atomic E-state index is -4.30. The maximum atomic E-state index is 14.2. The molecule has 0 spiro atoms. The van der Waals surface area contributed by atoms with E-state index in [2.05, 4.69) is 15.0 Å². The van der Waals surface area contributed by atoms with E-state index in [1.165, 1.54) is 23.0 Å². The summed E-state index contributed by atoms with van der Waals surface area (Å²) in [6.07, 6.45) is -1.60. The average molecular weight is 350 g/mol. The summed E-state index contributed by atoms with van der Waals surface area (Å²) in [4.78, 5) is 6.08. The van der Waals surface area contributed by atoms with Crippen molar-refractivity contribution in [3.8, 4) is 5.69 Å². The van der Waals surface area contributed by atoms with Crippen molar-refractivity contribution in [2.24, 2.45) is 0 Å². The monoisotopic (exact) mass is 350 g/mol. The molecule has 4 nitrogen and oxygen atoms in total. The van der Waals surface area contributed by atoms with Crippen LogP contribution in [0.5, 0.6) is 0 Å². The number of rotatable bonds is 3. The van der Waals surface area contributed by atoms with Gasteiger partial charge in [-0.2, -0.15) is 13.2 Å². The van der Waals surface area contributed by atoms with E-state index in [1.54, 1.807) is 12.1 Å². The summed E-state index contributed by atoms with van der Waals surface area (Å²) >= 11 is 0. The van der Waals surface area contributed by atoms with Gasteiger partial charge in [-0.3, -0.25) is 0 Å². The lowest BCUT2D eigenvalue weighted by molar-refractivity contribution is -0.127. The van der Waals surface area contributed by atoms with Gasteiger partial charge in [0.05, 0.1) is 6.42 Å². The number of halogens is 4. The minimum Gasteiger partial charge on any atom is -0.371 e. The molecule has 0 saturated carbocycles. The smallest absolute Gasteiger partial charge is 0.371 e. The Morgan fingerprint density at radius 2 is 1.92 bits per heavy atom. The predicted molar refractivity (Wildman–Crippen MR) is 85.4 cm³/mol. The highest BCUT2D eigenvalue weighted by Crippen LogP contribution is 2.27. The maximum Gasteiger partial charge on any atom is 0.393 e. The maximum absolute atomic E-state index is 14.2. The molecule has 0 N–H and O–H groups in total. The molecule has 8 heteroatoms. The van der Waals surface area contributed by atoms with Gasteiger partial charge in [0.2, 0.25) is 0 Å². The van der Waals surface area contributed by atoms with Crippen molar-refractivity contribution >= 4 is 16.7 Å². The van der Waals surface area contributed by atoms with Gasteiger partial charge in [-0.15, -0.1) is 5.10 Å². The fourth-order valence-corrected chi connectivity index (χ4v) is 2.86. The summed E-state index contributed by atoms with van der Waals surface area (Å²) in [6.45, 7) is 1.85. The first-order valence-electron chi connectivity index (χ1n) is 7.85. The summed E-state index contributed by atoms with van der Waals surface area (Å²) in [5, 5.41) is 4.63. The van der Waals surface area contributed by atoms with Gasteiger partial charge in [0.1, 0.15) is 11.5 Å². The molecule has 1 aromatic carbocycles. The van der Waals surface area contributed by atoms with E-state index in [-0.39, 0.29) is 16.9 Å². The lowest BCUT2D eigenvalue weighted by atomic mass is 10.1. The van der Waals surface area contributed by atoms with Gasteiger partial charge in [-0.25, -0.2) is 14.1 Å². The van der Waals surface area contributed by atoms with Gasteiger partial charge in [-0.1, -0.05) is 0 Å². The molecule has 1 aliphatic rings. The van der Waals surface area contributed by atoms with Gasteiger partial charge in [0, 0.05) is 36.6 Å². The SMILES string of the molecule is Fc1ccc(N2CCC2)cc1-n1cc2cc(CC(F)(F)F)cnc2n1. The highest BCUT2D eigenvalue weighted by Gasteiger charge is 2.28. The molecule has 1 saturated heterocycles. The lowest BCUT2D eigenvalue weighted by Crippen LogP contribution is -2.37. The fourth-order valence-electron chi connectivity index (χ4n) is 2.86. The number of hydrogen-bond acceptors (Lipinski definition) is 3. The molecule has 4 rings (SSSR count).